The average molecular weight is 452 g/mol. The third-order valence-corrected chi connectivity index (χ3v) is 6.20. The van der Waals surface area contributed by atoms with Gasteiger partial charge < -0.3 is 24.8 Å². The van der Waals surface area contributed by atoms with E-state index in [9.17, 15) is 15.0 Å². The summed E-state index contributed by atoms with van der Waals surface area (Å²) in [6.45, 7) is 7.27. The number of amides is 1. The van der Waals surface area contributed by atoms with Gasteiger partial charge in [0.25, 0.3) is 5.91 Å². The second kappa shape index (κ2) is 9.49. The highest BCUT2D eigenvalue weighted by Gasteiger charge is 2.23. The minimum absolute atomic E-state index is 0.209. The van der Waals surface area contributed by atoms with Crippen LogP contribution in [0.15, 0.2) is 36.7 Å². The zero-order valence-corrected chi connectivity index (χ0v) is 19.6. The van der Waals surface area contributed by atoms with E-state index in [0.29, 0.717) is 30.1 Å². The van der Waals surface area contributed by atoms with Crippen molar-refractivity contribution < 1.29 is 15.0 Å². The predicted octanol–water partition coefficient (Wildman–Crippen LogP) is 3.20. The SMILES string of the molecule is Cc1cccc(C(=O)Nc2cn3cc(CCC(C)(C)O)nc3cc2N2CCC(CO)CC2)n1. The third-order valence-electron chi connectivity index (χ3n) is 6.20. The molecule has 0 radical (unpaired) electrons. The first kappa shape index (κ1) is 23.2. The molecule has 0 aliphatic carbocycles. The zero-order valence-electron chi connectivity index (χ0n) is 19.6. The molecule has 1 amide bonds. The molecular formula is C25H33N5O3. The van der Waals surface area contributed by atoms with Crippen molar-refractivity contribution in [2.45, 2.75) is 52.1 Å². The lowest BCUT2D eigenvalue weighted by molar-refractivity contribution is 0.0711. The number of hydrogen-bond donors (Lipinski definition) is 3. The van der Waals surface area contributed by atoms with Gasteiger partial charge in [-0.3, -0.25) is 4.79 Å². The number of carbonyl (C=O) groups is 1. The lowest BCUT2D eigenvalue weighted by Crippen LogP contribution is -2.35. The first-order valence-corrected chi connectivity index (χ1v) is 11.6. The Morgan fingerprint density at radius 2 is 1.97 bits per heavy atom. The van der Waals surface area contributed by atoms with Crippen LogP contribution in [0.3, 0.4) is 0 Å². The Labute approximate surface area is 194 Å². The van der Waals surface area contributed by atoms with Gasteiger partial charge in [0, 0.05) is 43.9 Å². The van der Waals surface area contributed by atoms with Gasteiger partial charge in [-0.05, 0) is 64.5 Å². The van der Waals surface area contributed by atoms with E-state index < -0.39 is 5.60 Å². The molecule has 1 aliphatic heterocycles. The molecule has 3 aromatic rings. The van der Waals surface area contributed by atoms with Gasteiger partial charge in [-0.2, -0.15) is 0 Å². The second-order valence-corrected chi connectivity index (χ2v) is 9.61. The number of aliphatic hydroxyl groups excluding tert-OH is 1. The molecule has 0 saturated carbocycles. The van der Waals surface area contributed by atoms with Gasteiger partial charge in [0.1, 0.15) is 11.3 Å². The molecule has 0 spiro atoms. The molecule has 4 heterocycles. The summed E-state index contributed by atoms with van der Waals surface area (Å²) in [5, 5.41) is 22.6. The fourth-order valence-electron chi connectivity index (χ4n) is 4.20. The molecule has 0 unspecified atom stereocenters. The normalized spacial score (nSPS) is 15.2. The van der Waals surface area contributed by atoms with E-state index in [4.69, 9.17) is 4.98 Å². The highest BCUT2D eigenvalue weighted by Crippen LogP contribution is 2.32. The summed E-state index contributed by atoms with van der Waals surface area (Å²) >= 11 is 0. The number of aliphatic hydroxyl groups is 2. The van der Waals surface area contributed by atoms with Crippen LogP contribution in [0.25, 0.3) is 5.65 Å². The number of hydrogen-bond acceptors (Lipinski definition) is 6. The fraction of sp³-hybridized carbons (Fsp3) is 0.480. The van der Waals surface area contributed by atoms with Crippen molar-refractivity contribution in [3.05, 3.63) is 53.7 Å². The molecule has 3 aromatic heterocycles. The molecule has 3 N–H and O–H groups in total. The number of nitrogens with one attached hydrogen (secondary N) is 1. The van der Waals surface area contributed by atoms with Gasteiger partial charge >= 0.3 is 0 Å². The number of piperidine rings is 1. The Kier molecular flexibility index (Phi) is 6.67. The first-order chi connectivity index (χ1) is 15.7. The minimum atomic E-state index is -0.752. The number of aryl methyl sites for hydroxylation is 2. The molecule has 8 nitrogen and oxygen atoms in total. The van der Waals surface area contributed by atoms with Gasteiger partial charge in [0.15, 0.2) is 0 Å². The summed E-state index contributed by atoms with van der Waals surface area (Å²) in [6, 6.07) is 7.40. The van der Waals surface area contributed by atoms with Crippen LogP contribution in [0, 0.1) is 12.8 Å². The molecule has 1 aliphatic rings. The fourth-order valence-corrected chi connectivity index (χ4v) is 4.20. The lowest BCUT2D eigenvalue weighted by atomic mass is 9.97. The number of carbonyl (C=O) groups excluding carboxylic acids is 1. The zero-order chi connectivity index (χ0) is 23.6. The van der Waals surface area contributed by atoms with E-state index in [-0.39, 0.29) is 12.5 Å². The third kappa shape index (κ3) is 5.69. The van der Waals surface area contributed by atoms with E-state index in [2.05, 4.69) is 15.2 Å². The maximum atomic E-state index is 13.0. The maximum Gasteiger partial charge on any atom is 0.274 e. The summed E-state index contributed by atoms with van der Waals surface area (Å²) in [5.74, 6) is 0.0614. The number of rotatable bonds is 7. The van der Waals surface area contributed by atoms with Crippen molar-refractivity contribution in [3.8, 4) is 0 Å². The number of nitrogens with zero attached hydrogens (tertiary/aromatic N) is 4. The summed E-state index contributed by atoms with van der Waals surface area (Å²) in [4.78, 5) is 24.3. The van der Waals surface area contributed by atoms with E-state index in [1.54, 1.807) is 19.9 Å². The highest BCUT2D eigenvalue weighted by molar-refractivity contribution is 6.04. The van der Waals surface area contributed by atoms with Gasteiger partial charge in [-0.25, -0.2) is 9.97 Å². The summed E-state index contributed by atoms with van der Waals surface area (Å²) in [7, 11) is 0. The van der Waals surface area contributed by atoms with Crippen LogP contribution < -0.4 is 10.2 Å². The van der Waals surface area contributed by atoms with Crippen molar-refractivity contribution in [3.63, 3.8) is 0 Å². The average Bonchev–Trinajstić information content (AvgIpc) is 3.19. The molecule has 33 heavy (non-hydrogen) atoms. The van der Waals surface area contributed by atoms with E-state index in [1.165, 1.54) is 0 Å². The lowest BCUT2D eigenvalue weighted by Gasteiger charge is -2.34. The highest BCUT2D eigenvalue weighted by atomic mass is 16.3. The molecule has 0 aromatic carbocycles. The van der Waals surface area contributed by atoms with Gasteiger partial charge in [0.05, 0.1) is 22.7 Å². The van der Waals surface area contributed by atoms with Crippen molar-refractivity contribution in [1.29, 1.82) is 0 Å². The Bertz CT molecular complexity index is 1130. The Morgan fingerprint density at radius 3 is 2.64 bits per heavy atom. The summed E-state index contributed by atoms with van der Waals surface area (Å²) in [6.07, 6.45) is 6.93. The quantitative estimate of drug-likeness (QED) is 0.510. The van der Waals surface area contributed by atoms with Crippen molar-refractivity contribution in [2.75, 3.05) is 29.9 Å². The van der Waals surface area contributed by atoms with Gasteiger partial charge in [0.2, 0.25) is 0 Å². The molecule has 4 rings (SSSR count). The molecule has 8 heteroatoms. The second-order valence-electron chi connectivity index (χ2n) is 9.61. The summed E-state index contributed by atoms with van der Waals surface area (Å²) < 4.78 is 1.92. The topological polar surface area (TPSA) is 103 Å². The number of anilines is 2. The number of aromatic nitrogens is 3. The van der Waals surface area contributed by atoms with E-state index >= 15 is 0 Å². The smallest absolute Gasteiger partial charge is 0.274 e. The largest absolute Gasteiger partial charge is 0.396 e. The van der Waals surface area contributed by atoms with Crippen LogP contribution >= 0.6 is 0 Å². The van der Waals surface area contributed by atoms with Crippen LogP contribution in [0.1, 0.15) is 55.0 Å². The Hall–Kier alpha value is -2.97. The molecule has 0 bridgehead atoms. The Morgan fingerprint density at radius 1 is 1.21 bits per heavy atom. The van der Waals surface area contributed by atoms with Crippen LogP contribution in [-0.2, 0) is 6.42 Å². The maximum absolute atomic E-state index is 13.0. The monoisotopic (exact) mass is 451 g/mol. The molecule has 176 valence electrons. The van der Waals surface area contributed by atoms with Crippen molar-refractivity contribution >= 4 is 22.9 Å². The minimum Gasteiger partial charge on any atom is -0.396 e. The van der Waals surface area contributed by atoms with Gasteiger partial charge in [-0.15, -0.1) is 0 Å². The van der Waals surface area contributed by atoms with E-state index in [0.717, 1.165) is 48.7 Å². The number of pyridine rings is 2. The van der Waals surface area contributed by atoms with E-state index in [1.807, 2.05) is 41.9 Å². The van der Waals surface area contributed by atoms with Crippen LogP contribution in [0.5, 0.6) is 0 Å². The van der Waals surface area contributed by atoms with Gasteiger partial charge in [-0.1, -0.05) is 6.07 Å². The molecule has 0 atom stereocenters. The number of imidazole rings is 1. The number of fused-ring (bicyclic) bond motifs is 1. The molecule has 1 saturated heterocycles. The molecular weight excluding hydrogens is 418 g/mol. The molecule has 1 fully saturated rings. The predicted molar refractivity (Wildman–Crippen MR) is 129 cm³/mol. The van der Waals surface area contributed by atoms with Crippen LogP contribution in [0.4, 0.5) is 11.4 Å². The van der Waals surface area contributed by atoms with Crippen molar-refractivity contribution in [1.82, 2.24) is 14.4 Å². The van der Waals surface area contributed by atoms with Crippen LogP contribution in [-0.4, -0.2) is 55.8 Å². The standard InChI is InChI=1S/C25H33N5O3/c1-17-5-4-6-20(26-17)24(32)28-21-15-30-14-19(7-10-25(2,3)33)27-23(30)13-22(21)29-11-8-18(16-31)9-12-29/h4-6,13-15,18,31,33H,7-12,16H2,1-3H3,(H,28,32). The van der Waals surface area contributed by atoms with Crippen molar-refractivity contribution in [2.24, 2.45) is 5.92 Å². The first-order valence-electron chi connectivity index (χ1n) is 11.6. The Balaban J connectivity index is 1.66. The van der Waals surface area contributed by atoms with Crippen LogP contribution in [0.2, 0.25) is 0 Å². The summed E-state index contributed by atoms with van der Waals surface area (Å²) in [5.41, 5.74) is 3.71.